The number of pyridine rings is 2. The highest BCUT2D eigenvalue weighted by atomic mass is 16.2. The number of anilines is 1. The number of nitrogens with zero attached hydrogens (tertiary/aromatic N) is 3. The van der Waals surface area contributed by atoms with Crippen LogP contribution >= 0.6 is 0 Å². The van der Waals surface area contributed by atoms with Gasteiger partial charge in [0.15, 0.2) is 0 Å². The monoisotopic (exact) mass is 270 g/mol. The van der Waals surface area contributed by atoms with Crippen molar-refractivity contribution in [2.45, 2.75) is 13.3 Å². The maximum Gasteiger partial charge on any atom is 0.255 e. The van der Waals surface area contributed by atoms with Crippen LogP contribution in [0.1, 0.15) is 21.7 Å². The third-order valence-electron chi connectivity index (χ3n) is 3.11. The van der Waals surface area contributed by atoms with Gasteiger partial charge in [-0.2, -0.15) is 0 Å². The first-order chi connectivity index (χ1) is 9.58. The van der Waals surface area contributed by atoms with E-state index in [1.165, 1.54) is 0 Å². The van der Waals surface area contributed by atoms with E-state index in [4.69, 9.17) is 5.73 Å². The summed E-state index contributed by atoms with van der Waals surface area (Å²) in [5.41, 5.74) is 8.39. The number of amides is 1. The van der Waals surface area contributed by atoms with E-state index in [1.807, 2.05) is 18.2 Å². The maximum absolute atomic E-state index is 12.3. The van der Waals surface area contributed by atoms with Crippen molar-refractivity contribution in [3.05, 3.63) is 53.6 Å². The molecule has 5 nitrogen and oxygen atoms in total. The Morgan fingerprint density at radius 3 is 2.85 bits per heavy atom. The minimum absolute atomic E-state index is 0.0711. The van der Waals surface area contributed by atoms with E-state index in [0.717, 1.165) is 12.1 Å². The molecule has 104 valence electrons. The molecule has 0 radical (unpaired) electrons. The summed E-state index contributed by atoms with van der Waals surface area (Å²) in [6, 6.07) is 7.43. The van der Waals surface area contributed by atoms with Crippen LogP contribution in [0.3, 0.4) is 0 Å². The lowest BCUT2D eigenvalue weighted by Gasteiger charge is -2.18. The zero-order chi connectivity index (χ0) is 14.5. The van der Waals surface area contributed by atoms with Crippen molar-refractivity contribution in [2.24, 2.45) is 0 Å². The summed E-state index contributed by atoms with van der Waals surface area (Å²) in [7, 11) is 1.77. The van der Waals surface area contributed by atoms with E-state index in [2.05, 4.69) is 9.97 Å². The summed E-state index contributed by atoms with van der Waals surface area (Å²) in [4.78, 5) is 22.4. The lowest BCUT2D eigenvalue weighted by Crippen LogP contribution is -2.29. The SMILES string of the molecule is Cc1ncc(N)cc1C(=O)N(C)CCc1ccccn1. The molecule has 2 N–H and O–H groups in total. The second-order valence-electron chi connectivity index (χ2n) is 4.70. The number of rotatable bonds is 4. The number of hydrogen-bond acceptors (Lipinski definition) is 4. The minimum atomic E-state index is -0.0711. The standard InChI is InChI=1S/C15H18N4O/c1-11-14(9-12(16)10-18-11)15(20)19(2)8-6-13-5-3-4-7-17-13/h3-5,7,9-10H,6,8,16H2,1-2H3. The van der Waals surface area contributed by atoms with Crippen molar-refractivity contribution in [2.75, 3.05) is 19.3 Å². The average molecular weight is 270 g/mol. The van der Waals surface area contributed by atoms with Gasteiger partial charge in [-0.1, -0.05) is 6.07 Å². The van der Waals surface area contributed by atoms with Gasteiger partial charge in [-0.05, 0) is 25.1 Å². The molecule has 0 aromatic carbocycles. The Balaban J connectivity index is 2.03. The fraction of sp³-hybridized carbons (Fsp3) is 0.267. The number of carbonyl (C=O) groups excluding carboxylic acids is 1. The van der Waals surface area contributed by atoms with Crippen LogP contribution in [0.25, 0.3) is 0 Å². The van der Waals surface area contributed by atoms with Gasteiger partial charge in [-0.15, -0.1) is 0 Å². The second kappa shape index (κ2) is 6.14. The van der Waals surface area contributed by atoms with E-state index in [1.54, 1.807) is 37.3 Å². The molecule has 0 unspecified atom stereocenters. The second-order valence-corrected chi connectivity index (χ2v) is 4.70. The molecule has 2 heterocycles. The van der Waals surface area contributed by atoms with Gasteiger partial charge < -0.3 is 10.6 Å². The van der Waals surface area contributed by atoms with E-state index >= 15 is 0 Å². The van der Waals surface area contributed by atoms with Gasteiger partial charge in [0.1, 0.15) is 0 Å². The van der Waals surface area contributed by atoms with Crippen molar-refractivity contribution in [1.29, 1.82) is 0 Å². The summed E-state index contributed by atoms with van der Waals surface area (Å²) >= 11 is 0. The number of likely N-dealkylation sites (N-methyl/N-ethyl adjacent to an activating group) is 1. The van der Waals surface area contributed by atoms with E-state index in [0.29, 0.717) is 23.5 Å². The molecular weight excluding hydrogens is 252 g/mol. The molecule has 2 aromatic heterocycles. The molecule has 5 heteroatoms. The first kappa shape index (κ1) is 14.0. The van der Waals surface area contributed by atoms with Crippen LogP contribution in [-0.4, -0.2) is 34.4 Å². The van der Waals surface area contributed by atoms with Gasteiger partial charge in [0.2, 0.25) is 0 Å². The molecule has 2 rings (SSSR count). The van der Waals surface area contributed by atoms with Crippen LogP contribution in [0.15, 0.2) is 36.7 Å². The normalized spacial score (nSPS) is 10.3. The lowest BCUT2D eigenvalue weighted by molar-refractivity contribution is 0.0795. The van der Waals surface area contributed by atoms with Gasteiger partial charge in [0, 0.05) is 31.9 Å². The molecule has 0 spiro atoms. The van der Waals surface area contributed by atoms with Crippen molar-refractivity contribution in [3.8, 4) is 0 Å². The molecule has 2 aromatic rings. The summed E-state index contributed by atoms with van der Waals surface area (Å²) in [6.07, 6.45) is 4.03. The third kappa shape index (κ3) is 3.32. The number of carbonyl (C=O) groups is 1. The first-order valence-electron chi connectivity index (χ1n) is 6.45. The summed E-state index contributed by atoms with van der Waals surface area (Å²) in [5.74, 6) is -0.0711. The van der Waals surface area contributed by atoms with Crippen molar-refractivity contribution < 1.29 is 4.79 Å². The van der Waals surface area contributed by atoms with E-state index in [-0.39, 0.29) is 5.91 Å². The Morgan fingerprint density at radius 1 is 1.35 bits per heavy atom. The number of aryl methyl sites for hydroxylation is 1. The molecule has 0 aliphatic carbocycles. The van der Waals surface area contributed by atoms with E-state index < -0.39 is 0 Å². The van der Waals surface area contributed by atoms with Crippen LogP contribution < -0.4 is 5.73 Å². The Bertz CT molecular complexity index is 598. The molecule has 0 saturated heterocycles. The van der Waals surface area contributed by atoms with Crippen molar-refractivity contribution in [1.82, 2.24) is 14.9 Å². The molecule has 1 amide bonds. The quantitative estimate of drug-likeness (QED) is 0.917. The molecule has 0 aliphatic rings. The topological polar surface area (TPSA) is 72.1 Å². The van der Waals surface area contributed by atoms with Gasteiger partial charge in [-0.3, -0.25) is 14.8 Å². The van der Waals surface area contributed by atoms with Crippen molar-refractivity contribution in [3.63, 3.8) is 0 Å². The lowest BCUT2D eigenvalue weighted by atomic mass is 10.1. The van der Waals surface area contributed by atoms with Crippen LogP contribution in [0.4, 0.5) is 5.69 Å². The van der Waals surface area contributed by atoms with Crippen LogP contribution in [0.5, 0.6) is 0 Å². The van der Waals surface area contributed by atoms with Crippen molar-refractivity contribution >= 4 is 11.6 Å². The number of nitrogen functional groups attached to an aromatic ring is 1. The van der Waals surface area contributed by atoms with E-state index in [9.17, 15) is 4.79 Å². The summed E-state index contributed by atoms with van der Waals surface area (Å²) < 4.78 is 0. The molecule has 0 bridgehead atoms. The highest BCUT2D eigenvalue weighted by Crippen LogP contribution is 2.12. The van der Waals surface area contributed by atoms with Gasteiger partial charge in [0.05, 0.1) is 23.1 Å². The van der Waals surface area contributed by atoms with Crippen LogP contribution in [-0.2, 0) is 6.42 Å². The molecule has 0 saturated carbocycles. The number of hydrogen-bond donors (Lipinski definition) is 1. The van der Waals surface area contributed by atoms with Gasteiger partial charge >= 0.3 is 0 Å². The maximum atomic E-state index is 12.3. The van der Waals surface area contributed by atoms with Crippen LogP contribution in [0, 0.1) is 6.92 Å². The predicted octanol–water partition coefficient (Wildman–Crippen LogP) is 1.68. The number of aromatic nitrogens is 2. The third-order valence-corrected chi connectivity index (χ3v) is 3.11. The smallest absolute Gasteiger partial charge is 0.255 e. The molecule has 20 heavy (non-hydrogen) atoms. The molecular formula is C15H18N4O. The highest BCUT2D eigenvalue weighted by Gasteiger charge is 2.15. The Hall–Kier alpha value is -2.43. The fourth-order valence-electron chi connectivity index (χ4n) is 1.90. The summed E-state index contributed by atoms with van der Waals surface area (Å²) in [6.45, 7) is 2.41. The summed E-state index contributed by atoms with van der Waals surface area (Å²) in [5, 5.41) is 0. The highest BCUT2D eigenvalue weighted by molar-refractivity contribution is 5.95. The average Bonchev–Trinajstić information content (AvgIpc) is 2.47. The number of nitrogens with two attached hydrogens (primary N) is 1. The molecule has 0 atom stereocenters. The first-order valence-corrected chi connectivity index (χ1v) is 6.45. The Labute approximate surface area is 118 Å². The van der Waals surface area contributed by atoms with Gasteiger partial charge in [-0.25, -0.2) is 0 Å². The zero-order valence-corrected chi connectivity index (χ0v) is 11.7. The predicted molar refractivity (Wildman–Crippen MR) is 78.3 cm³/mol. The van der Waals surface area contributed by atoms with Gasteiger partial charge in [0.25, 0.3) is 5.91 Å². The molecule has 0 fully saturated rings. The van der Waals surface area contributed by atoms with Crippen LogP contribution in [0.2, 0.25) is 0 Å². The Kier molecular flexibility index (Phi) is 4.30. The molecule has 0 aliphatic heterocycles. The Morgan fingerprint density at radius 2 is 2.15 bits per heavy atom. The zero-order valence-electron chi connectivity index (χ0n) is 11.7. The largest absolute Gasteiger partial charge is 0.397 e. The minimum Gasteiger partial charge on any atom is -0.397 e. The fourth-order valence-corrected chi connectivity index (χ4v) is 1.90.